The number of nitrogens with zero attached hydrogens (tertiary/aromatic N) is 2. The van der Waals surface area contributed by atoms with Gasteiger partial charge < -0.3 is 0 Å². The van der Waals surface area contributed by atoms with Gasteiger partial charge in [0.15, 0.2) is 0 Å². The lowest BCUT2D eigenvalue weighted by Gasteiger charge is -2.02. The van der Waals surface area contributed by atoms with Gasteiger partial charge in [-0.15, -0.1) is 0 Å². The van der Waals surface area contributed by atoms with Gasteiger partial charge in [0.05, 0.1) is 5.56 Å². The van der Waals surface area contributed by atoms with E-state index in [1.54, 1.807) is 0 Å². The average Bonchev–Trinajstić information content (AvgIpc) is 2.28. The number of pyridine rings is 1. The first-order valence-electron chi connectivity index (χ1n) is 4.50. The minimum atomic E-state index is -0.655. The van der Waals surface area contributed by atoms with Gasteiger partial charge in [-0.05, 0) is 23.8 Å². The third kappa shape index (κ3) is 2.04. The van der Waals surface area contributed by atoms with Crippen LogP contribution in [0.4, 0.5) is 8.78 Å². The van der Waals surface area contributed by atoms with Crippen molar-refractivity contribution < 1.29 is 8.78 Å². The van der Waals surface area contributed by atoms with Crippen LogP contribution in [0.2, 0.25) is 0 Å². The van der Waals surface area contributed by atoms with Crippen molar-refractivity contribution in [3.05, 3.63) is 53.9 Å². The van der Waals surface area contributed by atoms with Crippen LogP contribution in [0.5, 0.6) is 0 Å². The Morgan fingerprint density at radius 3 is 2.25 bits per heavy atom. The van der Waals surface area contributed by atoms with Crippen LogP contribution in [0.25, 0.3) is 11.1 Å². The lowest BCUT2D eigenvalue weighted by Crippen LogP contribution is -1.86. The van der Waals surface area contributed by atoms with Crippen LogP contribution >= 0.6 is 0 Å². The second kappa shape index (κ2) is 4.07. The Hall–Kier alpha value is -2.28. The van der Waals surface area contributed by atoms with Gasteiger partial charge in [0.25, 0.3) is 0 Å². The standard InChI is InChI=1S/C12H6F2N2/c13-11-2-9(3-12(14)4-11)10-1-8(5-15)6-16-7-10/h1-4,6-7H. The Morgan fingerprint density at radius 1 is 0.938 bits per heavy atom. The van der Waals surface area contributed by atoms with Crippen LogP contribution < -0.4 is 0 Å². The molecule has 1 heterocycles. The Kier molecular flexibility index (Phi) is 2.61. The zero-order valence-corrected chi connectivity index (χ0v) is 8.11. The molecule has 2 nitrogen and oxygen atoms in total. The van der Waals surface area contributed by atoms with Gasteiger partial charge in [-0.1, -0.05) is 0 Å². The molecule has 0 spiro atoms. The van der Waals surface area contributed by atoms with E-state index in [-0.39, 0.29) is 0 Å². The zero-order chi connectivity index (χ0) is 11.5. The fourth-order valence-corrected chi connectivity index (χ4v) is 1.38. The largest absolute Gasteiger partial charge is 0.263 e. The number of rotatable bonds is 1. The predicted molar refractivity (Wildman–Crippen MR) is 54.3 cm³/mol. The van der Waals surface area contributed by atoms with Crippen molar-refractivity contribution in [2.75, 3.05) is 0 Å². The van der Waals surface area contributed by atoms with E-state index in [0.29, 0.717) is 16.7 Å². The maximum absolute atomic E-state index is 13.0. The molecule has 0 amide bonds. The molecule has 4 heteroatoms. The number of hydrogen-bond donors (Lipinski definition) is 0. The molecule has 0 atom stereocenters. The first kappa shape index (κ1) is 10.2. The minimum absolute atomic E-state index is 0.349. The maximum Gasteiger partial charge on any atom is 0.126 e. The summed E-state index contributed by atoms with van der Waals surface area (Å²) in [7, 11) is 0. The molecule has 0 unspecified atom stereocenters. The number of halogens is 2. The summed E-state index contributed by atoms with van der Waals surface area (Å²) in [5.41, 5.74) is 1.22. The van der Waals surface area contributed by atoms with Crippen LogP contribution in [0, 0.1) is 23.0 Å². The summed E-state index contributed by atoms with van der Waals surface area (Å²) in [6, 6.07) is 6.63. The summed E-state index contributed by atoms with van der Waals surface area (Å²) in [5, 5.41) is 8.68. The summed E-state index contributed by atoms with van der Waals surface area (Å²) >= 11 is 0. The number of aromatic nitrogens is 1. The van der Waals surface area contributed by atoms with Gasteiger partial charge in [0.2, 0.25) is 0 Å². The Morgan fingerprint density at radius 2 is 1.62 bits per heavy atom. The van der Waals surface area contributed by atoms with Crippen LogP contribution in [0.1, 0.15) is 5.56 Å². The Labute approximate surface area is 90.8 Å². The van der Waals surface area contributed by atoms with Gasteiger partial charge >= 0.3 is 0 Å². The fourth-order valence-electron chi connectivity index (χ4n) is 1.38. The van der Waals surface area contributed by atoms with Gasteiger partial charge in [-0.25, -0.2) is 8.78 Å². The van der Waals surface area contributed by atoms with E-state index in [4.69, 9.17) is 5.26 Å². The molecule has 0 bridgehead atoms. The summed E-state index contributed by atoms with van der Waals surface area (Å²) in [6.07, 6.45) is 2.84. The van der Waals surface area contributed by atoms with E-state index in [1.165, 1.54) is 30.6 Å². The normalized spacial score (nSPS) is 9.81. The maximum atomic E-state index is 13.0. The zero-order valence-electron chi connectivity index (χ0n) is 8.11. The SMILES string of the molecule is N#Cc1cncc(-c2cc(F)cc(F)c2)c1. The van der Waals surface area contributed by atoms with Crippen molar-refractivity contribution in [1.29, 1.82) is 5.26 Å². The molecule has 0 aliphatic carbocycles. The minimum Gasteiger partial charge on any atom is -0.263 e. The molecule has 0 N–H and O–H groups in total. The predicted octanol–water partition coefficient (Wildman–Crippen LogP) is 2.90. The highest BCUT2D eigenvalue weighted by atomic mass is 19.1. The van der Waals surface area contributed by atoms with Gasteiger partial charge in [0, 0.05) is 24.0 Å². The van der Waals surface area contributed by atoms with Gasteiger partial charge in [0.1, 0.15) is 17.7 Å². The lowest BCUT2D eigenvalue weighted by atomic mass is 10.1. The van der Waals surface area contributed by atoms with E-state index in [1.807, 2.05) is 6.07 Å². The Bertz CT molecular complexity index is 553. The van der Waals surface area contributed by atoms with Crippen LogP contribution in [0.3, 0.4) is 0 Å². The van der Waals surface area contributed by atoms with E-state index in [0.717, 1.165) is 6.07 Å². The number of benzene rings is 1. The van der Waals surface area contributed by atoms with Crippen molar-refractivity contribution in [3.63, 3.8) is 0 Å². The molecule has 16 heavy (non-hydrogen) atoms. The quantitative estimate of drug-likeness (QED) is 0.734. The third-order valence-electron chi connectivity index (χ3n) is 2.06. The van der Waals surface area contributed by atoms with Crippen molar-refractivity contribution in [2.45, 2.75) is 0 Å². The smallest absolute Gasteiger partial charge is 0.126 e. The molecule has 0 aliphatic rings. The van der Waals surface area contributed by atoms with Crippen molar-refractivity contribution in [2.24, 2.45) is 0 Å². The summed E-state index contributed by atoms with van der Waals surface area (Å²) in [4.78, 5) is 3.82. The van der Waals surface area contributed by atoms with Crippen molar-refractivity contribution in [3.8, 4) is 17.2 Å². The lowest BCUT2D eigenvalue weighted by molar-refractivity contribution is 0.584. The molecule has 0 aliphatic heterocycles. The van der Waals surface area contributed by atoms with Crippen LogP contribution in [0.15, 0.2) is 36.7 Å². The molecule has 1 aromatic heterocycles. The average molecular weight is 216 g/mol. The van der Waals surface area contributed by atoms with Gasteiger partial charge in [-0.3, -0.25) is 4.98 Å². The van der Waals surface area contributed by atoms with E-state index in [2.05, 4.69) is 4.98 Å². The summed E-state index contributed by atoms with van der Waals surface area (Å²) in [5.74, 6) is -1.31. The Balaban J connectivity index is 2.54. The second-order valence-corrected chi connectivity index (χ2v) is 3.23. The monoisotopic (exact) mass is 216 g/mol. The first-order chi connectivity index (χ1) is 7.69. The van der Waals surface area contributed by atoms with E-state index in [9.17, 15) is 8.78 Å². The van der Waals surface area contributed by atoms with Crippen molar-refractivity contribution in [1.82, 2.24) is 4.98 Å². The summed E-state index contributed by atoms with van der Waals surface area (Å²) in [6.45, 7) is 0. The molecule has 78 valence electrons. The summed E-state index contributed by atoms with van der Waals surface area (Å²) < 4.78 is 25.9. The fraction of sp³-hybridized carbons (Fsp3) is 0. The molecule has 1 aromatic carbocycles. The van der Waals surface area contributed by atoms with Crippen LogP contribution in [-0.4, -0.2) is 4.98 Å². The topological polar surface area (TPSA) is 36.7 Å². The molecule has 0 saturated carbocycles. The highest BCUT2D eigenvalue weighted by Crippen LogP contribution is 2.21. The van der Waals surface area contributed by atoms with Gasteiger partial charge in [-0.2, -0.15) is 5.26 Å². The van der Waals surface area contributed by atoms with E-state index < -0.39 is 11.6 Å². The molecule has 0 saturated heterocycles. The highest BCUT2D eigenvalue weighted by Gasteiger charge is 2.04. The number of nitriles is 1. The van der Waals surface area contributed by atoms with E-state index >= 15 is 0 Å². The molecular weight excluding hydrogens is 210 g/mol. The molecular formula is C12H6F2N2. The molecule has 0 radical (unpaired) electrons. The first-order valence-corrected chi connectivity index (χ1v) is 4.50. The number of hydrogen-bond acceptors (Lipinski definition) is 2. The highest BCUT2D eigenvalue weighted by molar-refractivity contribution is 5.64. The van der Waals surface area contributed by atoms with Crippen molar-refractivity contribution >= 4 is 0 Å². The third-order valence-corrected chi connectivity index (χ3v) is 2.06. The second-order valence-electron chi connectivity index (χ2n) is 3.23. The molecule has 2 aromatic rings. The molecule has 0 fully saturated rings. The molecule has 2 rings (SSSR count). The van der Waals surface area contributed by atoms with Crippen LogP contribution in [-0.2, 0) is 0 Å².